The molecule has 2 N–H and O–H groups in total. The van der Waals surface area contributed by atoms with Crippen molar-refractivity contribution < 1.29 is 4.79 Å². The summed E-state index contributed by atoms with van der Waals surface area (Å²) in [5.41, 5.74) is 1.81. The van der Waals surface area contributed by atoms with Crippen LogP contribution in [0.1, 0.15) is 56.3 Å². The van der Waals surface area contributed by atoms with E-state index in [-0.39, 0.29) is 5.91 Å². The summed E-state index contributed by atoms with van der Waals surface area (Å²) in [6, 6.07) is 8.39. The lowest BCUT2D eigenvalue weighted by Crippen LogP contribution is -2.27. The Labute approximate surface area is 122 Å². The van der Waals surface area contributed by atoms with E-state index in [0.717, 1.165) is 30.1 Å². The number of benzene rings is 1. The molecule has 20 heavy (non-hydrogen) atoms. The predicted octanol–water partition coefficient (Wildman–Crippen LogP) is 3.82. The summed E-state index contributed by atoms with van der Waals surface area (Å²) in [6.07, 6.45) is 6.07. The van der Waals surface area contributed by atoms with E-state index in [1.807, 2.05) is 18.2 Å². The van der Waals surface area contributed by atoms with Gasteiger partial charge in [0.25, 0.3) is 5.91 Å². The molecule has 0 spiro atoms. The fraction of sp³-hybridized carbons (Fsp3) is 0.588. The van der Waals surface area contributed by atoms with E-state index in [4.69, 9.17) is 0 Å². The first-order valence-corrected chi connectivity index (χ1v) is 7.84. The van der Waals surface area contributed by atoms with Crippen LogP contribution in [-0.2, 0) is 0 Å². The molecular formula is C17H26N2O. The van der Waals surface area contributed by atoms with Crippen molar-refractivity contribution in [3.63, 3.8) is 0 Å². The molecule has 1 aromatic carbocycles. The lowest BCUT2D eigenvalue weighted by atomic mass is 9.87. The van der Waals surface area contributed by atoms with E-state index < -0.39 is 0 Å². The minimum Gasteiger partial charge on any atom is -0.382 e. The van der Waals surface area contributed by atoms with Crippen molar-refractivity contribution in [1.82, 2.24) is 5.32 Å². The minimum absolute atomic E-state index is 0.0208. The van der Waals surface area contributed by atoms with Crippen molar-refractivity contribution in [1.29, 1.82) is 0 Å². The highest BCUT2D eigenvalue weighted by molar-refractivity contribution is 5.95. The highest BCUT2D eigenvalue weighted by atomic mass is 16.1. The number of hydrogen-bond acceptors (Lipinski definition) is 2. The van der Waals surface area contributed by atoms with Crippen LogP contribution in [0.4, 0.5) is 5.69 Å². The molecule has 3 heteroatoms. The summed E-state index contributed by atoms with van der Waals surface area (Å²) in [6.45, 7) is 5.11. The van der Waals surface area contributed by atoms with Crippen LogP contribution in [0.3, 0.4) is 0 Å². The second-order valence-electron chi connectivity index (χ2n) is 5.95. The molecule has 3 nitrogen and oxygen atoms in total. The van der Waals surface area contributed by atoms with Crippen LogP contribution < -0.4 is 10.6 Å². The summed E-state index contributed by atoms with van der Waals surface area (Å²) in [5, 5.41) is 6.50. The molecule has 0 aliphatic heterocycles. The third kappa shape index (κ3) is 4.26. The molecule has 0 heterocycles. The number of amides is 1. The Hall–Kier alpha value is -1.51. The number of anilines is 1. The summed E-state index contributed by atoms with van der Waals surface area (Å²) in [7, 11) is 0. The molecule has 0 bridgehead atoms. The van der Waals surface area contributed by atoms with Crippen LogP contribution in [-0.4, -0.2) is 18.5 Å². The van der Waals surface area contributed by atoms with Gasteiger partial charge in [-0.15, -0.1) is 0 Å². The molecular weight excluding hydrogens is 248 g/mol. The van der Waals surface area contributed by atoms with Gasteiger partial charge in [0.05, 0.1) is 0 Å². The van der Waals surface area contributed by atoms with Gasteiger partial charge in [-0.1, -0.05) is 32.8 Å². The molecule has 2 unspecified atom stereocenters. The highest BCUT2D eigenvalue weighted by Crippen LogP contribution is 2.26. The van der Waals surface area contributed by atoms with Crippen LogP contribution in [0.15, 0.2) is 24.3 Å². The van der Waals surface area contributed by atoms with Gasteiger partial charge in [0, 0.05) is 23.8 Å². The molecule has 1 aliphatic rings. The normalized spacial score (nSPS) is 22.3. The summed E-state index contributed by atoms with van der Waals surface area (Å²) in [4.78, 5) is 12.0. The Morgan fingerprint density at radius 1 is 1.35 bits per heavy atom. The van der Waals surface area contributed by atoms with E-state index in [1.54, 1.807) is 0 Å². The maximum Gasteiger partial charge on any atom is 0.251 e. The first kappa shape index (κ1) is 14.9. The first-order chi connectivity index (χ1) is 9.69. The van der Waals surface area contributed by atoms with Crippen molar-refractivity contribution in [2.75, 3.05) is 11.9 Å². The van der Waals surface area contributed by atoms with Crippen molar-refractivity contribution in [2.45, 2.75) is 52.0 Å². The molecule has 0 saturated heterocycles. The second-order valence-corrected chi connectivity index (χ2v) is 5.95. The van der Waals surface area contributed by atoms with Gasteiger partial charge in [-0.3, -0.25) is 4.79 Å². The molecule has 0 aromatic heterocycles. The van der Waals surface area contributed by atoms with Gasteiger partial charge in [-0.2, -0.15) is 0 Å². The third-order valence-electron chi connectivity index (χ3n) is 3.97. The Bertz CT molecular complexity index is 444. The van der Waals surface area contributed by atoms with Crippen molar-refractivity contribution in [3.8, 4) is 0 Å². The molecule has 1 aliphatic carbocycles. The van der Waals surface area contributed by atoms with Crippen LogP contribution in [0.25, 0.3) is 0 Å². The molecule has 110 valence electrons. The maximum atomic E-state index is 12.0. The Morgan fingerprint density at radius 2 is 2.20 bits per heavy atom. The molecule has 0 radical (unpaired) electrons. The standard InChI is InChI=1S/C17H26N2O/c1-3-10-18-17(20)14-7-5-9-16(12-14)19-15-8-4-6-13(2)11-15/h5,7,9,12-13,15,19H,3-4,6,8,10-11H2,1-2H3,(H,18,20). The lowest BCUT2D eigenvalue weighted by molar-refractivity contribution is 0.0953. The van der Waals surface area contributed by atoms with E-state index in [0.29, 0.717) is 6.04 Å². The Kier molecular flexibility index (Phi) is 5.45. The quantitative estimate of drug-likeness (QED) is 0.857. The lowest BCUT2D eigenvalue weighted by Gasteiger charge is -2.28. The summed E-state index contributed by atoms with van der Waals surface area (Å²) in [5.74, 6) is 0.824. The van der Waals surface area contributed by atoms with Crippen LogP contribution in [0, 0.1) is 5.92 Å². The molecule has 1 saturated carbocycles. The Balaban J connectivity index is 1.96. The monoisotopic (exact) mass is 274 g/mol. The average Bonchev–Trinajstić information content (AvgIpc) is 2.45. The van der Waals surface area contributed by atoms with Gasteiger partial charge in [-0.25, -0.2) is 0 Å². The van der Waals surface area contributed by atoms with Crippen LogP contribution in [0.2, 0.25) is 0 Å². The number of carbonyl (C=O) groups is 1. The predicted molar refractivity (Wildman–Crippen MR) is 84.1 cm³/mol. The molecule has 2 rings (SSSR count). The van der Waals surface area contributed by atoms with Crippen LogP contribution >= 0.6 is 0 Å². The van der Waals surface area contributed by atoms with E-state index in [2.05, 4.69) is 30.5 Å². The fourth-order valence-corrected chi connectivity index (χ4v) is 2.89. The molecule has 1 amide bonds. The molecule has 1 fully saturated rings. The van der Waals surface area contributed by atoms with E-state index in [1.165, 1.54) is 25.7 Å². The molecule has 1 aromatic rings. The SMILES string of the molecule is CCCNC(=O)c1cccc(NC2CCCC(C)C2)c1. The van der Waals surface area contributed by atoms with E-state index >= 15 is 0 Å². The topological polar surface area (TPSA) is 41.1 Å². The van der Waals surface area contributed by atoms with Crippen molar-refractivity contribution >= 4 is 11.6 Å². The van der Waals surface area contributed by atoms with Gasteiger partial charge >= 0.3 is 0 Å². The zero-order valence-electron chi connectivity index (χ0n) is 12.6. The third-order valence-corrected chi connectivity index (χ3v) is 3.97. The largest absolute Gasteiger partial charge is 0.382 e. The minimum atomic E-state index is 0.0208. The summed E-state index contributed by atoms with van der Waals surface area (Å²) >= 11 is 0. The van der Waals surface area contributed by atoms with Gasteiger partial charge in [0.2, 0.25) is 0 Å². The second kappa shape index (κ2) is 7.32. The van der Waals surface area contributed by atoms with Gasteiger partial charge in [0.1, 0.15) is 0 Å². The number of carbonyl (C=O) groups excluding carboxylic acids is 1. The zero-order valence-corrected chi connectivity index (χ0v) is 12.6. The number of rotatable bonds is 5. The van der Waals surface area contributed by atoms with Gasteiger partial charge in [-0.05, 0) is 43.4 Å². The van der Waals surface area contributed by atoms with Crippen LogP contribution in [0.5, 0.6) is 0 Å². The van der Waals surface area contributed by atoms with Crippen molar-refractivity contribution in [3.05, 3.63) is 29.8 Å². The maximum absolute atomic E-state index is 12.0. The summed E-state index contributed by atoms with van der Waals surface area (Å²) < 4.78 is 0. The van der Waals surface area contributed by atoms with Gasteiger partial charge in [0.15, 0.2) is 0 Å². The number of hydrogen-bond donors (Lipinski definition) is 2. The van der Waals surface area contributed by atoms with Crippen molar-refractivity contribution in [2.24, 2.45) is 5.92 Å². The van der Waals surface area contributed by atoms with Gasteiger partial charge < -0.3 is 10.6 Å². The average molecular weight is 274 g/mol. The highest BCUT2D eigenvalue weighted by Gasteiger charge is 2.18. The zero-order chi connectivity index (χ0) is 14.4. The molecule has 2 atom stereocenters. The smallest absolute Gasteiger partial charge is 0.251 e. The van der Waals surface area contributed by atoms with E-state index in [9.17, 15) is 4.79 Å². The Morgan fingerprint density at radius 3 is 2.95 bits per heavy atom. The number of nitrogens with one attached hydrogen (secondary N) is 2. The first-order valence-electron chi connectivity index (χ1n) is 7.84. The fourth-order valence-electron chi connectivity index (χ4n) is 2.89.